The lowest BCUT2D eigenvalue weighted by Crippen LogP contribution is -2.40. The predicted molar refractivity (Wildman–Crippen MR) is 88.6 cm³/mol. The molecule has 2 rings (SSSR count). The van der Waals surface area contributed by atoms with Crippen molar-refractivity contribution in [2.24, 2.45) is 5.92 Å². The predicted octanol–water partition coefficient (Wildman–Crippen LogP) is 2.13. The Kier molecular flexibility index (Phi) is 6.40. The van der Waals surface area contributed by atoms with Crippen LogP contribution in [0.25, 0.3) is 0 Å². The maximum Gasteiger partial charge on any atom is 0.234 e. The normalized spacial score (nSPS) is 17.0. The first kappa shape index (κ1) is 17.0. The van der Waals surface area contributed by atoms with Crippen molar-refractivity contribution in [2.75, 3.05) is 26.2 Å². The maximum atomic E-state index is 12.2. The molecular formula is C18H28N2O2. The average molecular weight is 304 g/mol. The van der Waals surface area contributed by atoms with E-state index in [1.165, 1.54) is 11.1 Å². The smallest absolute Gasteiger partial charge is 0.234 e. The number of aliphatic hydroxyl groups is 1. The number of aliphatic hydroxyl groups excluding tert-OH is 1. The molecule has 1 aliphatic carbocycles. The van der Waals surface area contributed by atoms with Crippen LogP contribution in [0.4, 0.5) is 0 Å². The van der Waals surface area contributed by atoms with Gasteiger partial charge in [0.2, 0.25) is 5.91 Å². The fraction of sp³-hybridized carbons (Fsp3) is 0.611. The maximum absolute atomic E-state index is 12.2. The van der Waals surface area contributed by atoms with Crippen LogP contribution in [0.15, 0.2) is 24.3 Å². The van der Waals surface area contributed by atoms with Gasteiger partial charge >= 0.3 is 0 Å². The van der Waals surface area contributed by atoms with Crippen molar-refractivity contribution in [3.63, 3.8) is 0 Å². The van der Waals surface area contributed by atoms with Gasteiger partial charge in [-0.3, -0.25) is 9.69 Å². The summed E-state index contributed by atoms with van der Waals surface area (Å²) in [5, 5.41) is 12.1. The fourth-order valence-electron chi connectivity index (χ4n) is 3.09. The highest BCUT2D eigenvalue weighted by atomic mass is 16.3. The number of hydrogen-bond acceptors (Lipinski definition) is 3. The van der Waals surface area contributed by atoms with E-state index in [1.807, 2.05) is 0 Å². The number of rotatable bonds is 8. The van der Waals surface area contributed by atoms with E-state index in [-0.39, 0.29) is 12.5 Å². The molecule has 0 saturated heterocycles. The van der Waals surface area contributed by atoms with Gasteiger partial charge in [0.25, 0.3) is 0 Å². The number of aryl methyl sites for hydroxylation is 1. The summed E-state index contributed by atoms with van der Waals surface area (Å²) in [5.41, 5.74) is 2.74. The van der Waals surface area contributed by atoms with Crippen molar-refractivity contribution in [1.82, 2.24) is 10.2 Å². The molecule has 1 aromatic carbocycles. The molecule has 22 heavy (non-hydrogen) atoms. The van der Waals surface area contributed by atoms with Gasteiger partial charge < -0.3 is 10.4 Å². The number of nitrogens with zero attached hydrogens (tertiary/aromatic N) is 1. The van der Waals surface area contributed by atoms with Crippen molar-refractivity contribution < 1.29 is 9.90 Å². The zero-order chi connectivity index (χ0) is 15.9. The molecule has 0 fully saturated rings. The van der Waals surface area contributed by atoms with Gasteiger partial charge in [-0.05, 0) is 36.3 Å². The molecule has 122 valence electrons. The van der Waals surface area contributed by atoms with E-state index in [0.717, 1.165) is 19.4 Å². The highest BCUT2D eigenvalue weighted by Gasteiger charge is 2.28. The first-order valence-corrected chi connectivity index (χ1v) is 8.31. The van der Waals surface area contributed by atoms with Crippen LogP contribution >= 0.6 is 0 Å². The van der Waals surface area contributed by atoms with Crippen LogP contribution in [0, 0.1) is 5.92 Å². The summed E-state index contributed by atoms with van der Waals surface area (Å²) >= 11 is 0. The van der Waals surface area contributed by atoms with E-state index in [2.05, 4.69) is 48.3 Å². The van der Waals surface area contributed by atoms with Crippen molar-refractivity contribution in [3.8, 4) is 0 Å². The van der Waals surface area contributed by atoms with Crippen molar-refractivity contribution >= 4 is 5.91 Å². The Morgan fingerprint density at radius 3 is 2.91 bits per heavy atom. The SMILES string of the molecule is CC(C)CNC(=O)CN(CCCO)C1CCc2ccccc21. The van der Waals surface area contributed by atoms with Crippen LogP contribution in [-0.2, 0) is 11.2 Å². The van der Waals surface area contributed by atoms with E-state index in [9.17, 15) is 4.79 Å². The molecule has 1 unspecified atom stereocenters. The third-order valence-corrected chi connectivity index (χ3v) is 4.20. The van der Waals surface area contributed by atoms with E-state index in [4.69, 9.17) is 5.11 Å². The Balaban J connectivity index is 2.02. The Bertz CT molecular complexity index is 488. The first-order valence-electron chi connectivity index (χ1n) is 8.31. The van der Waals surface area contributed by atoms with Gasteiger partial charge in [0.05, 0.1) is 6.54 Å². The Hall–Kier alpha value is -1.39. The molecule has 1 aromatic rings. The third-order valence-electron chi connectivity index (χ3n) is 4.20. The van der Waals surface area contributed by atoms with E-state index in [1.54, 1.807) is 0 Å². The fourth-order valence-corrected chi connectivity index (χ4v) is 3.09. The van der Waals surface area contributed by atoms with Crippen molar-refractivity contribution in [3.05, 3.63) is 35.4 Å². The second kappa shape index (κ2) is 8.30. The van der Waals surface area contributed by atoms with Crippen molar-refractivity contribution in [1.29, 1.82) is 0 Å². The summed E-state index contributed by atoms with van der Waals surface area (Å²) in [4.78, 5) is 14.4. The topological polar surface area (TPSA) is 52.6 Å². The van der Waals surface area contributed by atoms with Gasteiger partial charge in [-0.2, -0.15) is 0 Å². The second-order valence-corrected chi connectivity index (χ2v) is 6.50. The largest absolute Gasteiger partial charge is 0.396 e. The number of benzene rings is 1. The number of nitrogens with one attached hydrogen (secondary N) is 1. The summed E-state index contributed by atoms with van der Waals surface area (Å²) in [6.07, 6.45) is 2.84. The van der Waals surface area contributed by atoms with Crippen LogP contribution in [0.5, 0.6) is 0 Å². The van der Waals surface area contributed by atoms with E-state index < -0.39 is 0 Å². The number of fused-ring (bicyclic) bond motifs is 1. The lowest BCUT2D eigenvalue weighted by molar-refractivity contribution is -0.123. The minimum absolute atomic E-state index is 0.0796. The van der Waals surface area contributed by atoms with Crippen LogP contribution in [0.1, 0.15) is 43.9 Å². The molecule has 2 N–H and O–H groups in total. The van der Waals surface area contributed by atoms with Crippen molar-refractivity contribution in [2.45, 2.75) is 39.2 Å². The minimum Gasteiger partial charge on any atom is -0.396 e. The zero-order valence-electron chi connectivity index (χ0n) is 13.7. The Labute approximate surface area is 133 Å². The van der Waals surface area contributed by atoms with Crippen LogP contribution in [0.2, 0.25) is 0 Å². The second-order valence-electron chi connectivity index (χ2n) is 6.50. The standard InChI is InChI=1S/C18H28N2O2/c1-14(2)12-19-18(22)13-20(10-5-11-21)17-9-8-15-6-3-4-7-16(15)17/h3-4,6-7,14,17,21H,5,8-13H2,1-2H3,(H,19,22). The van der Waals surface area contributed by atoms with E-state index in [0.29, 0.717) is 31.5 Å². The molecular weight excluding hydrogens is 276 g/mol. The zero-order valence-corrected chi connectivity index (χ0v) is 13.7. The van der Waals surface area contributed by atoms with Gasteiger partial charge in [-0.15, -0.1) is 0 Å². The molecule has 0 radical (unpaired) electrons. The number of carbonyl (C=O) groups excluding carboxylic acids is 1. The average Bonchev–Trinajstić information content (AvgIpc) is 2.93. The highest BCUT2D eigenvalue weighted by molar-refractivity contribution is 5.78. The Morgan fingerprint density at radius 1 is 1.41 bits per heavy atom. The van der Waals surface area contributed by atoms with E-state index >= 15 is 0 Å². The molecule has 0 saturated carbocycles. The number of hydrogen-bond donors (Lipinski definition) is 2. The summed E-state index contributed by atoms with van der Waals surface area (Å²) in [6, 6.07) is 8.80. The summed E-state index contributed by atoms with van der Waals surface area (Å²) in [7, 11) is 0. The molecule has 4 heteroatoms. The molecule has 1 amide bonds. The number of carbonyl (C=O) groups is 1. The third kappa shape index (κ3) is 4.55. The molecule has 1 aliphatic rings. The Morgan fingerprint density at radius 2 is 2.18 bits per heavy atom. The number of amides is 1. The molecule has 0 heterocycles. The van der Waals surface area contributed by atoms with Gasteiger partial charge in [-0.25, -0.2) is 0 Å². The molecule has 0 bridgehead atoms. The lowest BCUT2D eigenvalue weighted by atomic mass is 10.1. The van der Waals surface area contributed by atoms with Gasteiger partial charge in [0.15, 0.2) is 0 Å². The van der Waals surface area contributed by atoms with Gasteiger partial charge in [-0.1, -0.05) is 38.1 Å². The minimum atomic E-state index is 0.0796. The monoisotopic (exact) mass is 304 g/mol. The summed E-state index contributed by atoms with van der Waals surface area (Å²) in [6.45, 7) is 6.23. The van der Waals surface area contributed by atoms with Gasteiger partial charge in [0, 0.05) is 25.7 Å². The van der Waals surface area contributed by atoms with Crippen LogP contribution in [-0.4, -0.2) is 42.2 Å². The highest BCUT2D eigenvalue weighted by Crippen LogP contribution is 2.35. The summed E-state index contributed by atoms with van der Waals surface area (Å²) in [5.74, 6) is 0.540. The quantitative estimate of drug-likeness (QED) is 0.773. The van der Waals surface area contributed by atoms with Gasteiger partial charge in [0.1, 0.15) is 0 Å². The molecule has 0 spiro atoms. The molecule has 0 aliphatic heterocycles. The first-order chi connectivity index (χ1) is 10.6. The molecule has 1 atom stereocenters. The summed E-state index contributed by atoms with van der Waals surface area (Å²) < 4.78 is 0. The van der Waals surface area contributed by atoms with Crippen LogP contribution < -0.4 is 5.32 Å². The molecule has 0 aromatic heterocycles. The lowest BCUT2D eigenvalue weighted by Gasteiger charge is -2.29. The van der Waals surface area contributed by atoms with Crippen LogP contribution in [0.3, 0.4) is 0 Å². The molecule has 4 nitrogen and oxygen atoms in total.